The number of benzene rings is 2. The summed E-state index contributed by atoms with van der Waals surface area (Å²) in [6.07, 6.45) is -5.09. The van der Waals surface area contributed by atoms with Gasteiger partial charge in [-0.05, 0) is 29.8 Å². The molecule has 0 bridgehead atoms. The molecule has 5 nitrogen and oxygen atoms in total. The molecule has 140 valence electrons. The van der Waals surface area contributed by atoms with Crippen LogP contribution in [-0.2, 0) is 21.9 Å². The minimum atomic E-state index is -4.55. The van der Waals surface area contributed by atoms with Gasteiger partial charge in [0.15, 0.2) is 11.6 Å². The van der Waals surface area contributed by atoms with Gasteiger partial charge in [-0.25, -0.2) is 17.5 Å². The van der Waals surface area contributed by atoms with Gasteiger partial charge in [0, 0.05) is 0 Å². The fraction of sp³-hybridized carbons (Fsp3) is 0.188. The third-order valence-electron chi connectivity index (χ3n) is 3.33. The van der Waals surface area contributed by atoms with Crippen molar-refractivity contribution in [1.82, 2.24) is 4.72 Å². The maximum atomic E-state index is 13.5. The Balaban J connectivity index is 2.17. The average molecular weight is 391 g/mol. The largest absolute Gasteiger partial charge is 0.423 e. The van der Waals surface area contributed by atoms with Crippen molar-refractivity contribution in [3.63, 3.8) is 0 Å². The highest BCUT2D eigenvalue weighted by Gasteiger charge is 2.30. The molecule has 0 aliphatic carbocycles. The van der Waals surface area contributed by atoms with Crippen molar-refractivity contribution < 1.29 is 35.5 Å². The van der Waals surface area contributed by atoms with Crippen LogP contribution in [0.4, 0.5) is 17.6 Å². The van der Waals surface area contributed by atoms with Crippen LogP contribution in [0.2, 0.25) is 0 Å². The lowest BCUT2D eigenvalue weighted by Crippen LogP contribution is -2.25. The summed E-state index contributed by atoms with van der Waals surface area (Å²) in [5, 5.41) is 0. The van der Waals surface area contributed by atoms with Crippen molar-refractivity contribution in [1.29, 1.82) is 0 Å². The zero-order chi connectivity index (χ0) is 19.3. The topological polar surface area (TPSA) is 72.5 Å². The van der Waals surface area contributed by atoms with Gasteiger partial charge in [-0.1, -0.05) is 24.3 Å². The summed E-state index contributed by atoms with van der Waals surface area (Å²) in [5.74, 6) is -2.07. The van der Waals surface area contributed by atoms with Crippen molar-refractivity contribution in [2.45, 2.75) is 18.6 Å². The Labute approximate surface area is 147 Å². The Hall–Kier alpha value is -2.46. The Kier molecular flexibility index (Phi) is 6.32. The summed E-state index contributed by atoms with van der Waals surface area (Å²) in [5.41, 5.74) is -0.789. The number of halogens is 4. The van der Waals surface area contributed by atoms with Crippen LogP contribution in [0.5, 0.6) is 5.75 Å². The number of nitrogens with one attached hydrogen (secondary N) is 1. The van der Waals surface area contributed by atoms with E-state index in [0.29, 0.717) is 0 Å². The Morgan fingerprint density at radius 2 is 1.69 bits per heavy atom. The van der Waals surface area contributed by atoms with Crippen LogP contribution >= 0.6 is 0 Å². The van der Waals surface area contributed by atoms with Gasteiger partial charge in [0.25, 0.3) is 0 Å². The van der Waals surface area contributed by atoms with Crippen LogP contribution in [0.25, 0.3) is 0 Å². The number of hydrogen-bond donors (Lipinski definition) is 2. The van der Waals surface area contributed by atoms with Gasteiger partial charge < -0.3 is 4.74 Å². The molecule has 0 radical (unpaired) electrons. The average Bonchev–Trinajstić information content (AvgIpc) is 2.55. The maximum absolute atomic E-state index is 13.5. The molecule has 0 aliphatic heterocycles. The third-order valence-corrected chi connectivity index (χ3v) is 3.86. The fourth-order valence-electron chi connectivity index (χ4n) is 2.13. The number of para-hydroxylation sites is 1. The number of hydrogen-bond acceptors (Lipinski definition) is 4. The lowest BCUT2D eigenvalue weighted by molar-refractivity contribution is -0.138. The van der Waals surface area contributed by atoms with E-state index in [1.165, 1.54) is 18.2 Å². The van der Waals surface area contributed by atoms with Crippen molar-refractivity contribution >= 4 is 16.9 Å². The molecule has 2 aromatic rings. The van der Waals surface area contributed by atoms with Crippen LogP contribution in [0.1, 0.15) is 23.6 Å². The molecule has 10 heteroatoms. The van der Waals surface area contributed by atoms with Crippen molar-refractivity contribution in [2.75, 3.05) is 0 Å². The predicted octanol–water partition coefficient (Wildman–Crippen LogP) is 3.00. The fourth-order valence-corrected chi connectivity index (χ4v) is 2.62. The van der Waals surface area contributed by atoms with Gasteiger partial charge in [-0.15, -0.1) is 0 Å². The van der Waals surface area contributed by atoms with E-state index in [4.69, 9.17) is 4.74 Å². The summed E-state index contributed by atoms with van der Waals surface area (Å²) in [7, 11) is -3.14. The van der Waals surface area contributed by atoms with Crippen LogP contribution in [0.15, 0.2) is 48.5 Å². The Morgan fingerprint density at radius 3 is 2.23 bits per heavy atom. The first-order valence-electron chi connectivity index (χ1n) is 7.19. The van der Waals surface area contributed by atoms with Crippen LogP contribution in [-0.4, -0.2) is 14.4 Å². The van der Waals surface area contributed by atoms with Gasteiger partial charge in [0.2, 0.25) is 10.9 Å². The van der Waals surface area contributed by atoms with E-state index < -0.39 is 46.9 Å². The second kappa shape index (κ2) is 8.28. The van der Waals surface area contributed by atoms with E-state index >= 15 is 0 Å². The third kappa shape index (κ3) is 5.53. The Bertz CT molecular complexity index is 842. The zero-order valence-corrected chi connectivity index (χ0v) is 13.9. The lowest BCUT2D eigenvalue weighted by atomic mass is 10.0. The lowest BCUT2D eigenvalue weighted by Gasteiger charge is -2.16. The molecular weight excluding hydrogens is 378 g/mol. The Morgan fingerprint density at radius 1 is 1.08 bits per heavy atom. The molecule has 1 atom stereocenters. The van der Waals surface area contributed by atoms with E-state index in [1.807, 2.05) is 0 Å². The molecule has 2 aromatic carbocycles. The first-order chi connectivity index (χ1) is 12.2. The smallest absolute Gasteiger partial charge is 0.416 e. The molecular formula is C16H13F4NO4S. The van der Waals surface area contributed by atoms with Gasteiger partial charge in [0.05, 0.1) is 18.0 Å². The van der Waals surface area contributed by atoms with E-state index in [1.54, 1.807) is 0 Å². The quantitative estimate of drug-likeness (QED) is 0.344. The minimum absolute atomic E-state index is 0.127. The van der Waals surface area contributed by atoms with E-state index in [9.17, 15) is 30.8 Å². The number of esters is 1. The standard InChI is InChI=1S/C16H13F4NO4S/c17-12-3-1-2-4-14(12)25-15(22)9-13(21-26(23)24)10-5-7-11(8-6-10)16(18,19)20/h1-8,13,26H,9H2,(H,21,23,24). The molecule has 1 unspecified atom stereocenters. The molecule has 0 saturated carbocycles. The zero-order valence-electron chi connectivity index (χ0n) is 13.0. The van der Waals surface area contributed by atoms with E-state index in [-0.39, 0.29) is 11.3 Å². The molecule has 26 heavy (non-hydrogen) atoms. The van der Waals surface area contributed by atoms with E-state index in [0.717, 1.165) is 30.3 Å². The van der Waals surface area contributed by atoms with Gasteiger partial charge >= 0.3 is 12.1 Å². The summed E-state index contributed by atoms with van der Waals surface area (Å²) in [6, 6.07) is 7.59. The van der Waals surface area contributed by atoms with Crippen LogP contribution < -0.4 is 9.46 Å². The SMILES string of the molecule is O=C(CC(N[SH](=O)=O)c1ccc(C(F)(F)F)cc1)Oc1ccccc1F. The first-order valence-corrected chi connectivity index (χ1v) is 8.37. The summed E-state index contributed by atoms with van der Waals surface area (Å²) >= 11 is 0. The highest BCUT2D eigenvalue weighted by Crippen LogP contribution is 2.30. The molecule has 0 heterocycles. The van der Waals surface area contributed by atoms with E-state index in [2.05, 4.69) is 4.72 Å². The molecule has 0 fully saturated rings. The minimum Gasteiger partial charge on any atom is -0.423 e. The molecule has 2 rings (SSSR count). The second-order valence-corrected chi connectivity index (χ2v) is 5.94. The van der Waals surface area contributed by atoms with Crippen LogP contribution in [0.3, 0.4) is 0 Å². The highest BCUT2D eigenvalue weighted by atomic mass is 32.2. The normalized spacial score (nSPS) is 12.8. The molecule has 0 saturated heterocycles. The second-order valence-electron chi connectivity index (χ2n) is 5.17. The molecule has 0 aliphatic rings. The van der Waals surface area contributed by atoms with Crippen molar-refractivity contribution in [3.8, 4) is 5.75 Å². The van der Waals surface area contributed by atoms with Gasteiger partial charge in [-0.2, -0.15) is 13.2 Å². The number of carbonyl (C=O) groups is 1. The van der Waals surface area contributed by atoms with Crippen molar-refractivity contribution in [2.24, 2.45) is 0 Å². The summed E-state index contributed by atoms with van der Waals surface area (Å²) in [4.78, 5) is 12.0. The highest BCUT2D eigenvalue weighted by molar-refractivity contribution is 7.70. The van der Waals surface area contributed by atoms with Gasteiger partial charge in [0.1, 0.15) is 0 Å². The summed E-state index contributed by atoms with van der Waals surface area (Å²) < 4.78 is 80.0. The number of rotatable bonds is 6. The number of ether oxygens (including phenoxy) is 1. The van der Waals surface area contributed by atoms with Crippen molar-refractivity contribution in [3.05, 3.63) is 65.5 Å². The molecule has 0 spiro atoms. The molecule has 0 amide bonds. The van der Waals surface area contributed by atoms with Crippen LogP contribution in [0, 0.1) is 5.82 Å². The number of carbonyl (C=O) groups excluding carboxylic acids is 1. The summed E-state index contributed by atoms with van der Waals surface area (Å²) in [6.45, 7) is 0. The maximum Gasteiger partial charge on any atom is 0.416 e. The number of alkyl halides is 3. The predicted molar refractivity (Wildman–Crippen MR) is 84.3 cm³/mol. The molecule has 1 N–H and O–H groups in total. The first kappa shape index (κ1) is 19.9. The van der Waals surface area contributed by atoms with Gasteiger partial charge in [-0.3, -0.25) is 4.79 Å². The number of thiol groups is 1. The monoisotopic (exact) mass is 391 g/mol. The molecule has 0 aromatic heterocycles.